The van der Waals surface area contributed by atoms with Gasteiger partial charge in [0.2, 0.25) is 0 Å². The summed E-state index contributed by atoms with van der Waals surface area (Å²) in [6, 6.07) is 7.09. The highest BCUT2D eigenvalue weighted by Crippen LogP contribution is 2.38. The maximum absolute atomic E-state index is 14.3. The van der Waals surface area contributed by atoms with E-state index >= 15 is 0 Å². The molecule has 148 valence electrons. The van der Waals surface area contributed by atoms with Crippen molar-refractivity contribution in [2.45, 2.75) is 6.42 Å². The molecule has 0 saturated carbocycles. The number of aliphatic hydroxyl groups excluding tert-OH is 1. The van der Waals surface area contributed by atoms with Crippen LogP contribution in [0, 0.1) is 11.6 Å². The first-order valence-corrected chi connectivity index (χ1v) is 8.62. The van der Waals surface area contributed by atoms with E-state index in [-0.39, 0.29) is 12.4 Å². The molecule has 3 rings (SSSR count). The van der Waals surface area contributed by atoms with Crippen molar-refractivity contribution in [2.75, 3.05) is 32.7 Å². The first kappa shape index (κ1) is 19.6. The SMILES string of the molecule is CNc1cc(F)c(Oc2ccnc3cc(OCCCO)c(OC)cc23)c(F)c1. The van der Waals surface area contributed by atoms with Crippen LogP contribution in [0.2, 0.25) is 0 Å². The van der Waals surface area contributed by atoms with Crippen molar-refractivity contribution < 1.29 is 28.1 Å². The summed E-state index contributed by atoms with van der Waals surface area (Å²) >= 11 is 0. The summed E-state index contributed by atoms with van der Waals surface area (Å²) in [4.78, 5) is 4.26. The molecule has 6 nitrogen and oxygen atoms in total. The molecule has 0 saturated heterocycles. The first-order valence-electron chi connectivity index (χ1n) is 8.62. The van der Waals surface area contributed by atoms with E-state index in [0.717, 1.165) is 12.1 Å². The van der Waals surface area contributed by atoms with Crippen molar-refractivity contribution in [1.82, 2.24) is 4.98 Å². The molecule has 0 bridgehead atoms. The first-order chi connectivity index (χ1) is 13.6. The van der Waals surface area contributed by atoms with Gasteiger partial charge < -0.3 is 24.6 Å². The third kappa shape index (κ3) is 4.07. The van der Waals surface area contributed by atoms with Crippen LogP contribution in [0.3, 0.4) is 0 Å². The third-order valence-electron chi connectivity index (χ3n) is 4.05. The molecule has 0 atom stereocenters. The molecule has 0 radical (unpaired) electrons. The highest BCUT2D eigenvalue weighted by Gasteiger charge is 2.17. The van der Waals surface area contributed by atoms with Crippen LogP contribution >= 0.6 is 0 Å². The van der Waals surface area contributed by atoms with Gasteiger partial charge in [-0.1, -0.05) is 0 Å². The molecule has 0 amide bonds. The van der Waals surface area contributed by atoms with E-state index in [2.05, 4.69) is 10.3 Å². The minimum Gasteiger partial charge on any atom is -0.493 e. The molecule has 0 aliphatic carbocycles. The van der Waals surface area contributed by atoms with Crippen LogP contribution in [0.25, 0.3) is 10.9 Å². The zero-order valence-electron chi connectivity index (χ0n) is 15.5. The average Bonchev–Trinajstić information content (AvgIpc) is 2.70. The molecule has 0 spiro atoms. The van der Waals surface area contributed by atoms with Gasteiger partial charge in [-0.05, 0) is 12.1 Å². The summed E-state index contributed by atoms with van der Waals surface area (Å²) < 4.78 is 45.0. The molecule has 2 N–H and O–H groups in total. The second-order valence-corrected chi connectivity index (χ2v) is 5.88. The molecule has 0 aliphatic rings. The van der Waals surface area contributed by atoms with Gasteiger partial charge >= 0.3 is 0 Å². The molecule has 8 heteroatoms. The number of hydrogen-bond donors (Lipinski definition) is 2. The van der Waals surface area contributed by atoms with Gasteiger partial charge in [0, 0.05) is 55.5 Å². The molecule has 0 unspecified atom stereocenters. The normalized spacial score (nSPS) is 10.8. The second kappa shape index (κ2) is 8.71. The molecular weight excluding hydrogens is 370 g/mol. The number of benzene rings is 2. The number of aliphatic hydroxyl groups is 1. The predicted molar refractivity (Wildman–Crippen MR) is 101 cm³/mol. The molecule has 0 fully saturated rings. The number of nitrogens with zero attached hydrogens (tertiary/aromatic N) is 1. The zero-order valence-corrected chi connectivity index (χ0v) is 15.5. The Bertz CT molecular complexity index is 959. The Hall–Kier alpha value is -3.13. The number of hydrogen-bond acceptors (Lipinski definition) is 6. The summed E-state index contributed by atoms with van der Waals surface area (Å²) in [5.41, 5.74) is 0.804. The van der Waals surface area contributed by atoms with Crippen molar-refractivity contribution in [3.63, 3.8) is 0 Å². The summed E-state index contributed by atoms with van der Waals surface area (Å²) in [6.07, 6.45) is 1.94. The number of fused-ring (bicyclic) bond motifs is 1. The van der Waals surface area contributed by atoms with Crippen LogP contribution in [0.5, 0.6) is 23.0 Å². The third-order valence-corrected chi connectivity index (χ3v) is 4.05. The van der Waals surface area contributed by atoms with E-state index in [1.807, 2.05) is 0 Å². The van der Waals surface area contributed by atoms with Crippen LogP contribution in [-0.4, -0.2) is 37.5 Å². The van der Waals surface area contributed by atoms with E-state index in [1.54, 1.807) is 19.2 Å². The second-order valence-electron chi connectivity index (χ2n) is 5.88. The number of methoxy groups -OCH3 is 1. The lowest BCUT2D eigenvalue weighted by Gasteiger charge is -2.14. The minimum absolute atomic E-state index is 0.00953. The maximum Gasteiger partial charge on any atom is 0.198 e. The number of rotatable bonds is 8. The Morgan fingerprint density at radius 3 is 2.46 bits per heavy atom. The standard InChI is InChI=1S/C20H20F2N2O4/c1-23-12-8-14(21)20(15(22)9-12)28-17-4-5-24-16-11-19(27-7-3-6-25)18(26-2)10-13(16)17/h4-5,8-11,23,25H,3,6-7H2,1-2H3. The van der Waals surface area contributed by atoms with Crippen molar-refractivity contribution in [1.29, 1.82) is 0 Å². The Morgan fingerprint density at radius 1 is 1.07 bits per heavy atom. The van der Waals surface area contributed by atoms with Gasteiger partial charge in [-0.2, -0.15) is 0 Å². The molecule has 3 aromatic rings. The Morgan fingerprint density at radius 2 is 1.82 bits per heavy atom. The predicted octanol–water partition coefficient (Wildman–Crippen LogP) is 4.12. The number of ether oxygens (including phenoxy) is 3. The quantitative estimate of drug-likeness (QED) is 0.564. The summed E-state index contributed by atoms with van der Waals surface area (Å²) in [7, 11) is 3.05. The van der Waals surface area contributed by atoms with Gasteiger partial charge in [0.25, 0.3) is 0 Å². The number of halogens is 2. The van der Waals surface area contributed by atoms with Crippen molar-refractivity contribution in [2.24, 2.45) is 0 Å². The van der Waals surface area contributed by atoms with Gasteiger partial charge in [0.05, 0.1) is 19.2 Å². The summed E-state index contributed by atoms with van der Waals surface area (Å²) in [5, 5.41) is 12.1. The van der Waals surface area contributed by atoms with Crippen molar-refractivity contribution >= 4 is 16.6 Å². The van der Waals surface area contributed by atoms with Crippen LogP contribution in [0.15, 0.2) is 36.5 Å². The zero-order chi connectivity index (χ0) is 20.1. The number of pyridine rings is 1. The minimum atomic E-state index is -0.828. The van der Waals surface area contributed by atoms with Gasteiger partial charge in [0.15, 0.2) is 28.9 Å². The monoisotopic (exact) mass is 390 g/mol. The fourth-order valence-corrected chi connectivity index (χ4v) is 2.65. The van der Waals surface area contributed by atoms with Crippen LogP contribution in [-0.2, 0) is 0 Å². The van der Waals surface area contributed by atoms with Crippen LogP contribution in [0.4, 0.5) is 14.5 Å². The number of aromatic nitrogens is 1. The van der Waals surface area contributed by atoms with Crippen LogP contribution in [0.1, 0.15) is 6.42 Å². The Labute approximate surface area is 160 Å². The van der Waals surface area contributed by atoms with Gasteiger partial charge in [-0.3, -0.25) is 4.98 Å². The largest absolute Gasteiger partial charge is 0.493 e. The van der Waals surface area contributed by atoms with Gasteiger partial charge in [0.1, 0.15) is 5.75 Å². The maximum atomic E-state index is 14.3. The van der Waals surface area contributed by atoms with E-state index in [1.165, 1.54) is 19.4 Å². The molecular formula is C20H20F2N2O4. The van der Waals surface area contributed by atoms with Gasteiger partial charge in [-0.15, -0.1) is 0 Å². The Balaban J connectivity index is 2.01. The molecule has 1 heterocycles. The average molecular weight is 390 g/mol. The molecule has 28 heavy (non-hydrogen) atoms. The van der Waals surface area contributed by atoms with Crippen molar-refractivity contribution in [3.05, 3.63) is 48.2 Å². The topological polar surface area (TPSA) is 72.8 Å². The lowest BCUT2D eigenvalue weighted by molar-refractivity contribution is 0.228. The highest BCUT2D eigenvalue weighted by molar-refractivity contribution is 5.88. The summed E-state index contributed by atoms with van der Waals surface area (Å²) in [5.74, 6) is -1.08. The Kier molecular flexibility index (Phi) is 6.10. The molecule has 2 aromatic carbocycles. The molecule has 0 aliphatic heterocycles. The summed E-state index contributed by atoms with van der Waals surface area (Å²) in [6.45, 7) is 0.318. The molecule has 1 aromatic heterocycles. The van der Waals surface area contributed by atoms with E-state index in [9.17, 15) is 8.78 Å². The fourth-order valence-electron chi connectivity index (χ4n) is 2.65. The van der Waals surface area contributed by atoms with Crippen LogP contribution < -0.4 is 19.5 Å². The lowest BCUT2D eigenvalue weighted by Crippen LogP contribution is -2.02. The van der Waals surface area contributed by atoms with Gasteiger partial charge in [-0.25, -0.2) is 8.78 Å². The van der Waals surface area contributed by atoms with E-state index in [4.69, 9.17) is 19.3 Å². The number of anilines is 1. The highest BCUT2D eigenvalue weighted by atomic mass is 19.1. The lowest BCUT2D eigenvalue weighted by atomic mass is 10.1. The van der Waals surface area contributed by atoms with Crippen molar-refractivity contribution in [3.8, 4) is 23.0 Å². The fraction of sp³-hybridized carbons (Fsp3) is 0.250. The number of nitrogens with one attached hydrogen (secondary N) is 1. The van der Waals surface area contributed by atoms with E-state index < -0.39 is 17.4 Å². The van der Waals surface area contributed by atoms with E-state index in [0.29, 0.717) is 41.1 Å². The smallest absolute Gasteiger partial charge is 0.198 e.